The minimum Gasteiger partial charge on any atom is -0.481 e. The van der Waals surface area contributed by atoms with E-state index < -0.39 is 5.97 Å². The first kappa shape index (κ1) is 11.2. The zero-order valence-corrected chi connectivity index (χ0v) is 8.96. The number of furan rings is 1. The van der Waals surface area contributed by atoms with E-state index in [1.165, 1.54) is 0 Å². The number of carboxylic acids is 1. The zero-order chi connectivity index (χ0) is 11.4. The minimum atomic E-state index is -0.810. The molecule has 2 rings (SSSR count). The van der Waals surface area contributed by atoms with Gasteiger partial charge < -0.3 is 14.3 Å². The molecule has 1 atom stereocenters. The average molecular weight is 225 g/mol. The van der Waals surface area contributed by atoms with E-state index in [1.54, 1.807) is 12.5 Å². The maximum Gasteiger partial charge on any atom is 0.306 e. The van der Waals surface area contributed by atoms with Crippen molar-refractivity contribution in [1.82, 2.24) is 4.90 Å². The average Bonchev–Trinajstić information content (AvgIpc) is 2.70. The lowest BCUT2D eigenvalue weighted by Crippen LogP contribution is -2.42. The monoisotopic (exact) mass is 225 g/mol. The molecule has 16 heavy (non-hydrogen) atoms. The van der Waals surface area contributed by atoms with Crippen LogP contribution in [0.25, 0.3) is 0 Å². The molecular formula is C11H15NO4. The van der Waals surface area contributed by atoms with Crippen LogP contribution in [0.15, 0.2) is 23.0 Å². The molecule has 2 heterocycles. The lowest BCUT2D eigenvalue weighted by atomic mass is 10.2. The highest BCUT2D eigenvalue weighted by Crippen LogP contribution is 2.12. The van der Waals surface area contributed by atoms with Crippen LogP contribution in [0.2, 0.25) is 0 Å². The molecule has 0 aromatic carbocycles. The van der Waals surface area contributed by atoms with Gasteiger partial charge in [0.15, 0.2) is 0 Å². The van der Waals surface area contributed by atoms with Gasteiger partial charge in [-0.2, -0.15) is 0 Å². The van der Waals surface area contributed by atoms with Crippen molar-refractivity contribution in [3.63, 3.8) is 0 Å². The van der Waals surface area contributed by atoms with Crippen LogP contribution < -0.4 is 0 Å². The molecule has 0 aliphatic carbocycles. The first-order valence-corrected chi connectivity index (χ1v) is 5.31. The third-order valence-corrected chi connectivity index (χ3v) is 2.61. The van der Waals surface area contributed by atoms with Crippen molar-refractivity contribution < 1.29 is 19.1 Å². The van der Waals surface area contributed by atoms with Crippen LogP contribution in [-0.4, -0.2) is 41.8 Å². The lowest BCUT2D eigenvalue weighted by molar-refractivity contribution is -0.142. The van der Waals surface area contributed by atoms with Gasteiger partial charge in [-0.1, -0.05) is 0 Å². The molecular weight excluding hydrogens is 210 g/mol. The molecule has 5 nitrogen and oxygen atoms in total. The first-order valence-electron chi connectivity index (χ1n) is 5.31. The molecule has 5 heteroatoms. The maximum atomic E-state index is 10.6. The molecule has 1 aliphatic rings. The Balaban J connectivity index is 1.84. The second-order valence-corrected chi connectivity index (χ2v) is 3.96. The lowest BCUT2D eigenvalue weighted by Gasteiger charge is -2.31. The maximum absolute atomic E-state index is 10.6. The molecule has 0 amide bonds. The van der Waals surface area contributed by atoms with Crippen molar-refractivity contribution in [2.24, 2.45) is 0 Å². The fourth-order valence-corrected chi connectivity index (χ4v) is 1.88. The molecule has 1 fully saturated rings. The number of aliphatic carboxylic acids is 1. The van der Waals surface area contributed by atoms with Crippen molar-refractivity contribution in [2.45, 2.75) is 19.1 Å². The predicted octanol–water partition coefficient (Wildman–Crippen LogP) is 0.955. The summed E-state index contributed by atoms with van der Waals surface area (Å²) >= 11 is 0. The topological polar surface area (TPSA) is 62.9 Å². The normalized spacial score (nSPS) is 22.1. The third kappa shape index (κ3) is 3.08. The molecule has 0 saturated carbocycles. The van der Waals surface area contributed by atoms with Gasteiger partial charge in [-0.25, -0.2) is 0 Å². The van der Waals surface area contributed by atoms with E-state index in [9.17, 15) is 4.79 Å². The van der Waals surface area contributed by atoms with Crippen LogP contribution >= 0.6 is 0 Å². The summed E-state index contributed by atoms with van der Waals surface area (Å²) in [5.74, 6) is -0.810. The molecule has 1 saturated heterocycles. The van der Waals surface area contributed by atoms with Gasteiger partial charge in [0.05, 0.1) is 31.7 Å². The number of ether oxygens (including phenoxy) is 1. The van der Waals surface area contributed by atoms with Crippen molar-refractivity contribution in [3.8, 4) is 0 Å². The van der Waals surface area contributed by atoms with Crippen LogP contribution in [-0.2, 0) is 16.1 Å². The van der Waals surface area contributed by atoms with Gasteiger partial charge >= 0.3 is 5.97 Å². The van der Waals surface area contributed by atoms with Crippen LogP contribution in [0.1, 0.15) is 12.0 Å². The quantitative estimate of drug-likeness (QED) is 0.826. The van der Waals surface area contributed by atoms with E-state index in [4.69, 9.17) is 14.3 Å². The van der Waals surface area contributed by atoms with E-state index in [0.29, 0.717) is 13.2 Å². The number of morpholine rings is 1. The molecule has 0 radical (unpaired) electrons. The van der Waals surface area contributed by atoms with Crippen molar-refractivity contribution in [1.29, 1.82) is 0 Å². The van der Waals surface area contributed by atoms with Gasteiger partial charge in [-0.15, -0.1) is 0 Å². The van der Waals surface area contributed by atoms with Crippen LogP contribution in [0.4, 0.5) is 0 Å². The molecule has 1 unspecified atom stereocenters. The Kier molecular flexibility index (Phi) is 3.58. The number of rotatable bonds is 4. The molecule has 1 aromatic heterocycles. The van der Waals surface area contributed by atoms with Gasteiger partial charge in [-0.05, 0) is 6.07 Å². The summed E-state index contributed by atoms with van der Waals surface area (Å²) in [4.78, 5) is 12.8. The van der Waals surface area contributed by atoms with Gasteiger partial charge in [0.2, 0.25) is 0 Å². The Morgan fingerprint density at radius 3 is 3.19 bits per heavy atom. The highest BCUT2D eigenvalue weighted by molar-refractivity contribution is 5.67. The highest BCUT2D eigenvalue weighted by Gasteiger charge is 2.22. The van der Waals surface area contributed by atoms with Gasteiger partial charge in [0, 0.05) is 25.2 Å². The number of nitrogens with zero attached hydrogens (tertiary/aromatic N) is 1. The van der Waals surface area contributed by atoms with Crippen LogP contribution in [0.5, 0.6) is 0 Å². The molecule has 1 aliphatic heterocycles. The summed E-state index contributed by atoms with van der Waals surface area (Å²) in [7, 11) is 0. The molecule has 1 N–H and O–H groups in total. The molecule has 88 valence electrons. The highest BCUT2D eigenvalue weighted by atomic mass is 16.5. The standard InChI is InChI=1S/C11H15NO4/c13-11(14)5-10-7-12(2-4-16-10)6-9-1-3-15-8-9/h1,3,8,10H,2,4-7H2,(H,13,14). The summed E-state index contributed by atoms with van der Waals surface area (Å²) in [6.45, 7) is 2.88. The van der Waals surface area contributed by atoms with E-state index in [1.807, 2.05) is 6.07 Å². The minimum absolute atomic E-state index is 0.0713. The van der Waals surface area contributed by atoms with Crippen LogP contribution in [0, 0.1) is 0 Å². The number of carbonyl (C=O) groups is 1. The number of carboxylic acid groups (broad SMARTS) is 1. The van der Waals surface area contributed by atoms with Crippen molar-refractivity contribution in [3.05, 3.63) is 24.2 Å². The first-order chi connectivity index (χ1) is 7.74. The second kappa shape index (κ2) is 5.14. The van der Waals surface area contributed by atoms with Gasteiger partial charge in [-0.3, -0.25) is 9.69 Å². The largest absolute Gasteiger partial charge is 0.481 e. The Bertz CT molecular complexity index is 336. The Hall–Kier alpha value is -1.33. The Labute approximate surface area is 93.6 Å². The van der Waals surface area contributed by atoms with E-state index in [0.717, 1.165) is 18.7 Å². The number of hydrogen-bond donors (Lipinski definition) is 1. The summed E-state index contributed by atoms with van der Waals surface area (Å²) in [5.41, 5.74) is 1.11. The Morgan fingerprint density at radius 2 is 2.50 bits per heavy atom. The van der Waals surface area contributed by atoms with Gasteiger partial charge in [0.1, 0.15) is 0 Å². The zero-order valence-electron chi connectivity index (χ0n) is 8.96. The smallest absolute Gasteiger partial charge is 0.306 e. The molecule has 0 spiro atoms. The van der Waals surface area contributed by atoms with Crippen molar-refractivity contribution >= 4 is 5.97 Å². The van der Waals surface area contributed by atoms with E-state index in [2.05, 4.69) is 4.90 Å². The number of hydrogen-bond acceptors (Lipinski definition) is 4. The fourth-order valence-electron chi connectivity index (χ4n) is 1.88. The van der Waals surface area contributed by atoms with Gasteiger partial charge in [0.25, 0.3) is 0 Å². The summed E-state index contributed by atoms with van der Waals surface area (Å²) in [5, 5.41) is 8.70. The van der Waals surface area contributed by atoms with E-state index >= 15 is 0 Å². The van der Waals surface area contributed by atoms with Crippen molar-refractivity contribution in [2.75, 3.05) is 19.7 Å². The summed E-state index contributed by atoms with van der Waals surface area (Å²) in [6.07, 6.45) is 3.23. The van der Waals surface area contributed by atoms with Crippen LogP contribution in [0.3, 0.4) is 0 Å². The van der Waals surface area contributed by atoms with E-state index in [-0.39, 0.29) is 12.5 Å². The Morgan fingerprint density at radius 1 is 1.62 bits per heavy atom. The second-order valence-electron chi connectivity index (χ2n) is 3.96. The fraction of sp³-hybridized carbons (Fsp3) is 0.545. The predicted molar refractivity (Wildman–Crippen MR) is 56.0 cm³/mol. The summed E-state index contributed by atoms with van der Waals surface area (Å²) in [6, 6.07) is 1.92. The SMILES string of the molecule is O=C(O)CC1CN(Cc2ccoc2)CCO1. The molecule has 0 bridgehead atoms. The molecule has 1 aromatic rings. The third-order valence-electron chi connectivity index (χ3n) is 2.61. The summed E-state index contributed by atoms with van der Waals surface area (Å²) < 4.78 is 10.4.